The maximum atomic E-state index is 11.9. The zero-order chi connectivity index (χ0) is 15.1. The highest BCUT2D eigenvalue weighted by molar-refractivity contribution is 5.76. The van der Waals surface area contributed by atoms with Crippen LogP contribution in [0.4, 0.5) is 0 Å². The standard InChI is InChI=1S/C16H24N2O3/c1-12-7-9-17-11-15(12)18-16(19)8-10-21-14-5-3-13(20-2)4-6-14/h3-6,12,15,17H,7-11H2,1-2H3,(H,18,19). The Morgan fingerprint density at radius 2 is 2.05 bits per heavy atom. The van der Waals surface area contributed by atoms with Gasteiger partial charge in [0.05, 0.1) is 20.1 Å². The molecular weight excluding hydrogens is 268 g/mol. The van der Waals surface area contributed by atoms with Crippen LogP contribution in [-0.2, 0) is 4.79 Å². The largest absolute Gasteiger partial charge is 0.497 e. The SMILES string of the molecule is COc1ccc(OCCC(=O)NC2CNCCC2C)cc1. The molecule has 2 atom stereocenters. The van der Waals surface area contributed by atoms with E-state index in [-0.39, 0.29) is 11.9 Å². The summed E-state index contributed by atoms with van der Waals surface area (Å²) < 4.78 is 10.6. The molecule has 1 amide bonds. The molecule has 5 heteroatoms. The zero-order valence-electron chi connectivity index (χ0n) is 12.7. The number of piperidine rings is 1. The monoisotopic (exact) mass is 292 g/mol. The predicted molar refractivity (Wildman–Crippen MR) is 81.7 cm³/mol. The minimum Gasteiger partial charge on any atom is -0.497 e. The van der Waals surface area contributed by atoms with E-state index in [1.165, 1.54) is 0 Å². The smallest absolute Gasteiger partial charge is 0.223 e. The maximum absolute atomic E-state index is 11.9. The summed E-state index contributed by atoms with van der Waals surface area (Å²) in [7, 11) is 1.63. The Balaban J connectivity index is 1.68. The van der Waals surface area contributed by atoms with Gasteiger partial charge in [-0.25, -0.2) is 0 Å². The number of benzene rings is 1. The molecule has 2 unspecified atom stereocenters. The highest BCUT2D eigenvalue weighted by atomic mass is 16.5. The molecule has 1 fully saturated rings. The van der Waals surface area contributed by atoms with Crippen molar-refractivity contribution in [3.8, 4) is 11.5 Å². The topological polar surface area (TPSA) is 59.6 Å². The van der Waals surface area contributed by atoms with Gasteiger partial charge < -0.3 is 20.1 Å². The quantitative estimate of drug-likeness (QED) is 0.836. The van der Waals surface area contributed by atoms with Crippen molar-refractivity contribution in [1.29, 1.82) is 0 Å². The molecule has 1 aliphatic heterocycles. The molecule has 1 heterocycles. The Morgan fingerprint density at radius 1 is 1.33 bits per heavy atom. The number of hydrogen-bond donors (Lipinski definition) is 2. The van der Waals surface area contributed by atoms with Crippen LogP contribution in [0.15, 0.2) is 24.3 Å². The molecule has 21 heavy (non-hydrogen) atoms. The van der Waals surface area contributed by atoms with Crippen LogP contribution in [0.2, 0.25) is 0 Å². The summed E-state index contributed by atoms with van der Waals surface area (Å²) >= 11 is 0. The van der Waals surface area contributed by atoms with Crippen molar-refractivity contribution < 1.29 is 14.3 Å². The van der Waals surface area contributed by atoms with E-state index >= 15 is 0 Å². The Bertz CT molecular complexity index is 447. The summed E-state index contributed by atoms with van der Waals surface area (Å²) in [5, 5.41) is 6.38. The minimum absolute atomic E-state index is 0.0454. The van der Waals surface area contributed by atoms with Gasteiger partial charge in [-0.05, 0) is 43.1 Å². The van der Waals surface area contributed by atoms with Crippen LogP contribution in [0.3, 0.4) is 0 Å². The van der Waals surface area contributed by atoms with E-state index in [2.05, 4.69) is 17.6 Å². The molecule has 1 saturated heterocycles. The molecular formula is C16H24N2O3. The van der Waals surface area contributed by atoms with Gasteiger partial charge in [0.1, 0.15) is 11.5 Å². The molecule has 0 saturated carbocycles. The fourth-order valence-corrected chi connectivity index (χ4v) is 2.40. The van der Waals surface area contributed by atoms with Gasteiger partial charge in [0, 0.05) is 12.6 Å². The lowest BCUT2D eigenvalue weighted by molar-refractivity contribution is -0.122. The first-order valence-electron chi connectivity index (χ1n) is 7.46. The number of methoxy groups -OCH3 is 1. The molecule has 1 aromatic rings. The summed E-state index contributed by atoms with van der Waals surface area (Å²) in [6.07, 6.45) is 1.47. The van der Waals surface area contributed by atoms with E-state index in [0.29, 0.717) is 18.9 Å². The summed E-state index contributed by atoms with van der Waals surface area (Å²) in [4.78, 5) is 11.9. The van der Waals surface area contributed by atoms with Gasteiger partial charge in [0.25, 0.3) is 0 Å². The van der Waals surface area contributed by atoms with Crippen molar-refractivity contribution >= 4 is 5.91 Å². The van der Waals surface area contributed by atoms with Gasteiger partial charge >= 0.3 is 0 Å². The molecule has 0 radical (unpaired) electrons. The maximum Gasteiger partial charge on any atom is 0.223 e. The van der Waals surface area contributed by atoms with Gasteiger partial charge in [0.2, 0.25) is 5.91 Å². The Hall–Kier alpha value is -1.75. The van der Waals surface area contributed by atoms with Crippen molar-refractivity contribution in [3.63, 3.8) is 0 Å². The second-order valence-electron chi connectivity index (χ2n) is 5.42. The summed E-state index contributed by atoms with van der Waals surface area (Å²) in [5.41, 5.74) is 0. The zero-order valence-corrected chi connectivity index (χ0v) is 12.7. The van der Waals surface area contributed by atoms with Crippen LogP contribution >= 0.6 is 0 Å². The molecule has 0 spiro atoms. The number of nitrogens with one attached hydrogen (secondary N) is 2. The average molecular weight is 292 g/mol. The van der Waals surface area contributed by atoms with E-state index in [0.717, 1.165) is 31.0 Å². The third-order valence-corrected chi connectivity index (χ3v) is 3.83. The van der Waals surface area contributed by atoms with E-state index in [1.807, 2.05) is 24.3 Å². The highest BCUT2D eigenvalue weighted by Gasteiger charge is 2.22. The van der Waals surface area contributed by atoms with Gasteiger partial charge in [-0.15, -0.1) is 0 Å². The lowest BCUT2D eigenvalue weighted by Crippen LogP contribution is -2.50. The number of amides is 1. The number of carbonyl (C=O) groups excluding carboxylic acids is 1. The highest BCUT2D eigenvalue weighted by Crippen LogP contribution is 2.17. The van der Waals surface area contributed by atoms with Crippen LogP contribution in [0, 0.1) is 5.92 Å². The molecule has 2 rings (SSSR count). The van der Waals surface area contributed by atoms with Gasteiger partial charge in [-0.1, -0.05) is 6.92 Å². The number of carbonyl (C=O) groups is 1. The third-order valence-electron chi connectivity index (χ3n) is 3.83. The van der Waals surface area contributed by atoms with E-state index in [9.17, 15) is 4.79 Å². The summed E-state index contributed by atoms with van der Waals surface area (Å²) in [5.74, 6) is 2.11. The van der Waals surface area contributed by atoms with E-state index in [4.69, 9.17) is 9.47 Å². The first kappa shape index (κ1) is 15.6. The Labute approximate surface area is 126 Å². The number of hydrogen-bond acceptors (Lipinski definition) is 4. The van der Waals surface area contributed by atoms with Gasteiger partial charge in [0.15, 0.2) is 0 Å². The molecule has 1 aliphatic rings. The van der Waals surface area contributed by atoms with Crippen LogP contribution in [0.1, 0.15) is 19.8 Å². The molecule has 0 aromatic heterocycles. The normalized spacial score (nSPS) is 21.6. The van der Waals surface area contributed by atoms with Crippen LogP contribution in [0.25, 0.3) is 0 Å². The first-order chi connectivity index (χ1) is 10.2. The molecule has 5 nitrogen and oxygen atoms in total. The average Bonchev–Trinajstić information content (AvgIpc) is 2.50. The van der Waals surface area contributed by atoms with E-state index in [1.54, 1.807) is 7.11 Å². The summed E-state index contributed by atoms with van der Waals surface area (Å²) in [6.45, 7) is 4.45. The van der Waals surface area contributed by atoms with Gasteiger partial charge in [-0.2, -0.15) is 0 Å². The predicted octanol–water partition coefficient (Wildman–Crippen LogP) is 1.58. The van der Waals surface area contributed by atoms with Crippen LogP contribution in [0.5, 0.6) is 11.5 Å². The van der Waals surface area contributed by atoms with Crippen molar-refractivity contribution in [1.82, 2.24) is 10.6 Å². The van der Waals surface area contributed by atoms with E-state index < -0.39 is 0 Å². The van der Waals surface area contributed by atoms with Crippen LogP contribution < -0.4 is 20.1 Å². The summed E-state index contributed by atoms with van der Waals surface area (Å²) in [6, 6.07) is 7.58. The van der Waals surface area contributed by atoms with Crippen molar-refractivity contribution in [2.45, 2.75) is 25.8 Å². The van der Waals surface area contributed by atoms with Crippen LogP contribution in [-0.4, -0.2) is 38.8 Å². The molecule has 1 aromatic carbocycles. The second kappa shape index (κ2) is 7.88. The number of ether oxygens (including phenoxy) is 2. The van der Waals surface area contributed by atoms with Crippen molar-refractivity contribution in [3.05, 3.63) is 24.3 Å². The second-order valence-corrected chi connectivity index (χ2v) is 5.42. The lowest BCUT2D eigenvalue weighted by atomic mass is 9.95. The first-order valence-corrected chi connectivity index (χ1v) is 7.46. The Kier molecular flexibility index (Phi) is 5.87. The third kappa shape index (κ3) is 4.93. The lowest BCUT2D eigenvalue weighted by Gasteiger charge is -2.30. The molecule has 2 N–H and O–H groups in total. The van der Waals surface area contributed by atoms with Crippen molar-refractivity contribution in [2.75, 3.05) is 26.8 Å². The fourth-order valence-electron chi connectivity index (χ4n) is 2.40. The molecule has 0 bridgehead atoms. The van der Waals surface area contributed by atoms with Gasteiger partial charge in [-0.3, -0.25) is 4.79 Å². The fraction of sp³-hybridized carbons (Fsp3) is 0.562. The Morgan fingerprint density at radius 3 is 2.71 bits per heavy atom. The number of rotatable bonds is 6. The molecule has 116 valence electrons. The minimum atomic E-state index is 0.0454. The van der Waals surface area contributed by atoms with Crippen molar-refractivity contribution in [2.24, 2.45) is 5.92 Å². The molecule has 0 aliphatic carbocycles.